The van der Waals surface area contributed by atoms with Crippen molar-refractivity contribution in [2.45, 2.75) is 25.8 Å². The first-order valence-electron chi connectivity index (χ1n) is 5.09. The number of amides is 1. The number of hydrogen-bond donors (Lipinski definition) is 3. The third-order valence-corrected chi connectivity index (χ3v) is 5.01. The monoisotopic (exact) mass is 397 g/mol. The van der Waals surface area contributed by atoms with Crippen LogP contribution in [0.25, 0.3) is 0 Å². The van der Waals surface area contributed by atoms with Crippen molar-refractivity contribution in [1.29, 1.82) is 0 Å². The van der Waals surface area contributed by atoms with Crippen LogP contribution in [-0.4, -0.2) is 22.5 Å². The number of carbonyl (C=O) groups is 1. The molecule has 8 heteroatoms. The highest BCUT2D eigenvalue weighted by atomic mass is 79.9. The highest BCUT2D eigenvalue weighted by Crippen LogP contribution is 2.32. The number of amidine groups is 1. The van der Waals surface area contributed by atoms with Crippen molar-refractivity contribution in [1.82, 2.24) is 5.32 Å². The Bertz CT molecular complexity index is 489. The molecule has 0 aliphatic carbocycles. The summed E-state index contributed by atoms with van der Waals surface area (Å²) >= 11 is 8.04. The van der Waals surface area contributed by atoms with E-state index in [4.69, 9.17) is 10.9 Å². The predicted molar refractivity (Wildman–Crippen MR) is 79.3 cm³/mol. The summed E-state index contributed by atoms with van der Waals surface area (Å²) in [6.07, 6.45) is 0.511. The van der Waals surface area contributed by atoms with Gasteiger partial charge in [0, 0.05) is 0 Å². The van der Waals surface area contributed by atoms with Gasteiger partial charge in [0.1, 0.15) is 0 Å². The molecule has 4 N–H and O–H groups in total. The van der Waals surface area contributed by atoms with Crippen LogP contribution in [0.1, 0.15) is 30.6 Å². The van der Waals surface area contributed by atoms with Crippen molar-refractivity contribution >= 4 is 54.9 Å². The summed E-state index contributed by atoms with van der Waals surface area (Å²) in [6.45, 7) is 3.55. The minimum Gasteiger partial charge on any atom is -0.409 e. The first-order valence-corrected chi connectivity index (χ1v) is 7.49. The fourth-order valence-electron chi connectivity index (χ4n) is 1.26. The molecule has 1 heterocycles. The van der Waals surface area contributed by atoms with Gasteiger partial charge in [-0.2, -0.15) is 0 Å². The van der Waals surface area contributed by atoms with Crippen molar-refractivity contribution < 1.29 is 10.0 Å². The van der Waals surface area contributed by atoms with Gasteiger partial charge in [0.05, 0.1) is 18.7 Å². The molecule has 0 aliphatic rings. The van der Waals surface area contributed by atoms with Gasteiger partial charge >= 0.3 is 0 Å². The van der Waals surface area contributed by atoms with Gasteiger partial charge in [0.2, 0.25) is 0 Å². The lowest BCUT2D eigenvalue weighted by Crippen LogP contribution is -2.55. The summed E-state index contributed by atoms with van der Waals surface area (Å²) in [4.78, 5) is 12.1. The molecule has 1 amide bonds. The van der Waals surface area contributed by atoms with Crippen LogP contribution in [0.4, 0.5) is 0 Å². The van der Waals surface area contributed by atoms with Crippen molar-refractivity contribution in [3.8, 4) is 0 Å². The Labute approximate surface area is 126 Å². The molecule has 0 spiro atoms. The standard InChI is InChI=1S/C10H13Br2N3O2S/c1-3-10(2,9(13)15-17)14-8(16)5-4-6(11)18-7(5)12/h4,17H,3H2,1-2H3,(H2,13,15)(H,14,16). The third kappa shape index (κ3) is 3.24. The van der Waals surface area contributed by atoms with Crippen molar-refractivity contribution in [3.05, 3.63) is 19.2 Å². The Kier molecular flexibility index (Phi) is 5.18. The van der Waals surface area contributed by atoms with Gasteiger partial charge in [-0.25, -0.2) is 0 Å². The topological polar surface area (TPSA) is 87.7 Å². The molecule has 0 aromatic carbocycles. The number of nitrogens with one attached hydrogen (secondary N) is 1. The average Bonchev–Trinajstić information content (AvgIpc) is 2.67. The van der Waals surface area contributed by atoms with E-state index < -0.39 is 5.54 Å². The van der Waals surface area contributed by atoms with Crippen molar-refractivity contribution in [2.24, 2.45) is 10.9 Å². The highest BCUT2D eigenvalue weighted by molar-refractivity contribution is 9.12. The number of hydrogen-bond acceptors (Lipinski definition) is 4. The van der Waals surface area contributed by atoms with Crippen LogP contribution in [-0.2, 0) is 0 Å². The van der Waals surface area contributed by atoms with Crippen LogP contribution in [0.5, 0.6) is 0 Å². The third-order valence-electron chi connectivity index (χ3n) is 2.67. The SMILES string of the molecule is CCC(C)(NC(=O)c1cc(Br)sc1Br)/C(N)=N/O. The molecule has 5 nitrogen and oxygen atoms in total. The van der Waals surface area contributed by atoms with Crippen molar-refractivity contribution in [3.63, 3.8) is 0 Å². The minimum absolute atomic E-state index is 0.0243. The van der Waals surface area contributed by atoms with Gasteiger partial charge in [-0.1, -0.05) is 12.1 Å². The van der Waals surface area contributed by atoms with Gasteiger partial charge in [0.15, 0.2) is 5.84 Å². The number of halogens is 2. The van der Waals surface area contributed by atoms with Crippen molar-refractivity contribution in [2.75, 3.05) is 0 Å². The van der Waals surface area contributed by atoms with E-state index in [2.05, 4.69) is 42.3 Å². The van der Waals surface area contributed by atoms with E-state index in [1.807, 2.05) is 6.92 Å². The van der Waals surface area contributed by atoms with Gasteiger partial charge < -0.3 is 16.3 Å². The van der Waals surface area contributed by atoms with Gasteiger partial charge in [-0.05, 0) is 51.3 Å². The molecule has 0 radical (unpaired) electrons. The Morgan fingerprint density at radius 3 is 2.67 bits per heavy atom. The maximum absolute atomic E-state index is 12.1. The Morgan fingerprint density at radius 1 is 1.67 bits per heavy atom. The van der Waals surface area contributed by atoms with E-state index >= 15 is 0 Å². The summed E-state index contributed by atoms with van der Waals surface area (Å²) in [5, 5.41) is 14.5. The summed E-state index contributed by atoms with van der Waals surface area (Å²) in [5.74, 6) is -0.302. The number of rotatable bonds is 4. The van der Waals surface area contributed by atoms with E-state index in [0.717, 1.165) is 7.57 Å². The molecular weight excluding hydrogens is 386 g/mol. The van der Waals surface area contributed by atoms with Gasteiger partial charge in [-0.15, -0.1) is 11.3 Å². The lowest BCUT2D eigenvalue weighted by atomic mass is 9.97. The second kappa shape index (κ2) is 6.03. The molecule has 1 rings (SSSR count). The molecule has 0 aliphatic heterocycles. The molecule has 1 aromatic rings. The summed E-state index contributed by atoms with van der Waals surface area (Å²) in [7, 11) is 0. The quantitative estimate of drug-likeness (QED) is 0.315. The van der Waals surface area contributed by atoms with E-state index in [-0.39, 0.29) is 11.7 Å². The average molecular weight is 399 g/mol. The fourth-order valence-corrected chi connectivity index (χ4v) is 4.05. The number of carbonyl (C=O) groups excluding carboxylic acids is 1. The van der Waals surface area contributed by atoms with Crippen LogP contribution in [0.3, 0.4) is 0 Å². The molecule has 18 heavy (non-hydrogen) atoms. The second-order valence-corrected chi connectivity index (χ2v) is 7.61. The van der Waals surface area contributed by atoms with Gasteiger partial charge in [0.25, 0.3) is 5.91 Å². The maximum Gasteiger partial charge on any atom is 0.254 e. The molecule has 1 unspecified atom stereocenters. The molecule has 100 valence electrons. The first-order chi connectivity index (χ1) is 8.34. The zero-order valence-electron chi connectivity index (χ0n) is 9.83. The molecule has 0 bridgehead atoms. The zero-order valence-corrected chi connectivity index (χ0v) is 13.8. The van der Waals surface area contributed by atoms with Crippen LogP contribution in [0, 0.1) is 0 Å². The smallest absolute Gasteiger partial charge is 0.254 e. The predicted octanol–water partition coefficient (Wildman–Crippen LogP) is 2.92. The summed E-state index contributed by atoms with van der Waals surface area (Å²) < 4.78 is 1.58. The van der Waals surface area contributed by atoms with Crippen LogP contribution in [0.2, 0.25) is 0 Å². The Balaban J connectivity index is 2.97. The van der Waals surface area contributed by atoms with E-state index in [0.29, 0.717) is 12.0 Å². The molecule has 0 saturated carbocycles. The molecule has 0 saturated heterocycles. The van der Waals surface area contributed by atoms with Crippen LogP contribution >= 0.6 is 43.2 Å². The molecule has 1 atom stereocenters. The van der Waals surface area contributed by atoms with E-state index in [1.54, 1.807) is 13.0 Å². The minimum atomic E-state index is -0.875. The van der Waals surface area contributed by atoms with E-state index in [1.165, 1.54) is 11.3 Å². The van der Waals surface area contributed by atoms with E-state index in [9.17, 15) is 4.79 Å². The second-order valence-electron chi connectivity index (χ2n) is 3.86. The Hall–Kier alpha value is -0.600. The largest absolute Gasteiger partial charge is 0.409 e. The lowest BCUT2D eigenvalue weighted by molar-refractivity contribution is 0.0924. The van der Waals surface area contributed by atoms with Crippen LogP contribution < -0.4 is 11.1 Å². The molecule has 0 fully saturated rings. The summed E-state index contributed by atoms with van der Waals surface area (Å²) in [6, 6.07) is 1.71. The zero-order chi connectivity index (χ0) is 13.9. The molecular formula is C10H13Br2N3O2S. The van der Waals surface area contributed by atoms with Crippen LogP contribution in [0.15, 0.2) is 18.8 Å². The number of nitrogens with zero attached hydrogens (tertiary/aromatic N) is 1. The van der Waals surface area contributed by atoms with Gasteiger partial charge in [-0.3, -0.25) is 4.79 Å². The lowest BCUT2D eigenvalue weighted by Gasteiger charge is -2.27. The maximum atomic E-state index is 12.1. The summed E-state index contributed by atoms with van der Waals surface area (Å²) in [5.41, 5.74) is 5.23. The highest BCUT2D eigenvalue weighted by Gasteiger charge is 2.30. The first kappa shape index (κ1) is 15.5. The Morgan fingerprint density at radius 2 is 2.28 bits per heavy atom. The number of nitrogens with two attached hydrogens (primary N) is 1. The normalized spacial score (nSPS) is 15.2. The number of thiophene rings is 1. The fraction of sp³-hybridized carbons (Fsp3) is 0.400. The molecule has 1 aromatic heterocycles. The number of oxime groups is 1.